The number of carbonyl (C=O) groups is 2. The van der Waals surface area contributed by atoms with E-state index in [1.807, 2.05) is 53.2 Å². The number of likely N-dealkylation sites (tertiary alicyclic amines) is 1. The molecule has 2 saturated heterocycles. The van der Waals surface area contributed by atoms with Crippen LogP contribution in [-0.4, -0.2) is 58.9 Å². The minimum Gasteiger partial charge on any atom is -0.330 e. The largest absolute Gasteiger partial charge is 0.330 e. The van der Waals surface area contributed by atoms with Gasteiger partial charge in [0.15, 0.2) is 0 Å². The molecule has 0 N–H and O–H groups in total. The van der Waals surface area contributed by atoms with Crippen LogP contribution in [-0.2, 0) is 9.59 Å². The van der Waals surface area contributed by atoms with Gasteiger partial charge in [0.25, 0.3) is 0 Å². The number of halogens is 2. The lowest BCUT2D eigenvalue weighted by Crippen LogP contribution is -2.51. The molecule has 0 bridgehead atoms. The summed E-state index contributed by atoms with van der Waals surface area (Å²) in [7, 11) is 1.87. The Labute approximate surface area is 205 Å². The minimum absolute atomic E-state index is 0.0673. The lowest BCUT2D eigenvalue weighted by atomic mass is 9.81. The summed E-state index contributed by atoms with van der Waals surface area (Å²) in [5.41, 5.74) is 1.08. The fourth-order valence-corrected chi connectivity index (χ4v) is 5.54. The van der Waals surface area contributed by atoms with E-state index in [0.29, 0.717) is 22.3 Å². The molecule has 2 amide bonds. The molecule has 2 fully saturated rings. The summed E-state index contributed by atoms with van der Waals surface area (Å²) in [5.74, 6) is 0.958. The van der Waals surface area contributed by atoms with Gasteiger partial charge in [0.2, 0.25) is 11.8 Å². The van der Waals surface area contributed by atoms with Crippen LogP contribution in [0.3, 0.4) is 0 Å². The predicted molar refractivity (Wildman–Crippen MR) is 132 cm³/mol. The van der Waals surface area contributed by atoms with Crippen LogP contribution in [0.4, 0.5) is 5.82 Å². The fraction of sp³-hybridized carbons (Fsp3) is 0.480. The molecule has 1 aromatic heterocycles. The van der Waals surface area contributed by atoms with Crippen molar-refractivity contribution in [2.75, 3.05) is 25.0 Å². The number of nitrogens with zero attached hydrogens (tertiary/aromatic N) is 4. The van der Waals surface area contributed by atoms with E-state index in [2.05, 4.69) is 9.88 Å². The monoisotopic (exact) mass is 488 g/mol. The molecule has 0 spiro atoms. The smallest absolute Gasteiger partial charge is 0.228 e. The van der Waals surface area contributed by atoms with Crippen molar-refractivity contribution in [3.8, 4) is 0 Å². The first-order valence-electron chi connectivity index (χ1n) is 11.5. The van der Waals surface area contributed by atoms with Crippen molar-refractivity contribution < 1.29 is 9.59 Å². The van der Waals surface area contributed by atoms with E-state index in [1.165, 1.54) is 0 Å². The van der Waals surface area contributed by atoms with Gasteiger partial charge in [-0.25, -0.2) is 4.98 Å². The molecule has 3 heterocycles. The van der Waals surface area contributed by atoms with Gasteiger partial charge in [-0.3, -0.25) is 19.4 Å². The standard InChI is InChI=1S/C25H30Cl2N4O2/c1-17(32)29(2)24-7-5-14-30(24)15-12-22-19(18-8-10-20(26)21(27)16-18)9-11-25(33)31(22)23-6-3-4-13-28-23/h3-4,6,8,10,13,16,19,22,24H,5,7,9,11-12,14-15H2,1-2H3/t19-,22?,24?/m0/s1. The molecule has 2 aliphatic rings. The number of amides is 2. The molecule has 0 aliphatic carbocycles. The van der Waals surface area contributed by atoms with E-state index < -0.39 is 0 Å². The SMILES string of the molecule is CC(=O)N(C)C1CCCN1CCC1[C@H](c2ccc(Cl)c(Cl)c2)CCC(=O)N1c1ccccn1. The fourth-order valence-electron chi connectivity index (χ4n) is 5.23. The normalized spacial score (nSPS) is 23.7. The van der Waals surface area contributed by atoms with E-state index in [4.69, 9.17) is 23.2 Å². The Kier molecular flexibility index (Phi) is 7.57. The second-order valence-corrected chi connectivity index (χ2v) is 9.73. The van der Waals surface area contributed by atoms with E-state index in [9.17, 15) is 9.59 Å². The third kappa shape index (κ3) is 5.18. The average Bonchev–Trinajstić information content (AvgIpc) is 3.28. The molecule has 8 heteroatoms. The van der Waals surface area contributed by atoms with Crippen molar-refractivity contribution in [3.05, 3.63) is 58.2 Å². The Morgan fingerprint density at radius 2 is 2.00 bits per heavy atom. The van der Waals surface area contributed by atoms with Crippen LogP contribution >= 0.6 is 23.2 Å². The van der Waals surface area contributed by atoms with Crippen LogP contribution in [0.2, 0.25) is 10.0 Å². The van der Waals surface area contributed by atoms with E-state index in [0.717, 1.165) is 44.3 Å². The van der Waals surface area contributed by atoms with Crippen LogP contribution in [0.15, 0.2) is 42.6 Å². The Hall–Kier alpha value is -2.15. The second kappa shape index (κ2) is 10.4. The maximum absolute atomic E-state index is 13.1. The van der Waals surface area contributed by atoms with Crippen LogP contribution in [0.1, 0.15) is 50.5 Å². The molecular formula is C25H30Cl2N4O2. The van der Waals surface area contributed by atoms with Gasteiger partial charge in [0.1, 0.15) is 5.82 Å². The molecule has 2 aromatic rings. The number of benzene rings is 1. The first kappa shape index (κ1) is 24.0. The van der Waals surface area contributed by atoms with Crippen LogP contribution in [0.5, 0.6) is 0 Å². The van der Waals surface area contributed by atoms with E-state index in [1.54, 1.807) is 13.1 Å². The molecule has 4 rings (SSSR count). The topological polar surface area (TPSA) is 56.8 Å². The Bertz CT molecular complexity index is 1000. The van der Waals surface area contributed by atoms with Gasteiger partial charge >= 0.3 is 0 Å². The molecule has 0 radical (unpaired) electrons. The second-order valence-electron chi connectivity index (χ2n) is 8.92. The molecule has 176 valence electrons. The summed E-state index contributed by atoms with van der Waals surface area (Å²) in [6.45, 7) is 3.35. The van der Waals surface area contributed by atoms with Gasteiger partial charge in [-0.2, -0.15) is 0 Å². The van der Waals surface area contributed by atoms with Gasteiger partial charge in [0.05, 0.1) is 16.2 Å². The molecule has 2 unspecified atom stereocenters. The maximum Gasteiger partial charge on any atom is 0.228 e. The number of piperidine rings is 1. The highest BCUT2D eigenvalue weighted by molar-refractivity contribution is 6.42. The van der Waals surface area contributed by atoms with E-state index in [-0.39, 0.29) is 29.9 Å². The van der Waals surface area contributed by atoms with Gasteiger partial charge in [0, 0.05) is 51.6 Å². The quantitative estimate of drug-likeness (QED) is 0.576. The molecular weight excluding hydrogens is 459 g/mol. The molecule has 1 aromatic carbocycles. The molecule has 6 nitrogen and oxygen atoms in total. The number of hydrogen-bond acceptors (Lipinski definition) is 4. The molecule has 3 atom stereocenters. The lowest BCUT2D eigenvalue weighted by molar-refractivity contribution is -0.132. The van der Waals surface area contributed by atoms with Crippen molar-refractivity contribution >= 4 is 40.8 Å². The Morgan fingerprint density at radius 3 is 2.70 bits per heavy atom. The van der Waals surface area contributed by atoms with Crippen molar-refractivity contribution in [1.29, 1.82) is 0 Å². The molecule has 33 heavy (non-hydrogen) atoms. The summed E-state index contributed by atoms with van der Waals surface area (Å²) in [6.07, 6.45) is 5.84. The molecule has 2 aliphatic heterocycles. The van der Waals surface area contributed by atoms with Gasteiger partial charge in [-0.15, -0.1) is 0 Å². The zero-order valence-corrected chi connectivity index (χ0v) is 20.6. The minimum atomic E-state index is -0.0673. The number of pyridine rings is 1. The summed E-state index contributed by atoms with van der Waals surface area (Å²) < 4.78 is 0. The number of anilines is 1. The van der Waals surface area contributed by atoms with Gasteiger partial charge < -0.3 is 4.90 Å². The zero-order chi connectivity index (χ0) is 23.5. The number of rotatable bonds is 6. The maximum atomic E-state index is 13.1. The Balaban J connectivity index is 1.63. The van der Waals surface area contributed by atoms with Crippen LogP contribution in [0.25, 0.3) is 0 Å². The van der Waals surface area contributed by atoms with Crippen LogP contribution in [0, 0.1) is 0 Å². The Morgan fingerprint density at radius 1 is 1.18 bits per heavy atom. The highest BCUT2D eigenvalue weighted by Crippen LogP contribution is 2.39. The zero-order valence-electron chi connectivity index (χ0n) is 19.1. The number of aromatic nitrogens is 1. The van der Waals surface area contributed by atoms with Crippen molar-refractivity contribution in [2.45, 2.75) is 57.2 Å². The summed E-state index contributed by atoms with van der Waals surface area (Å²) in [4.78, 5) is 35.7. The van der Waals surface area contributed by atoms with E-state index >= 15 is 0 Å². The van der Waals surface area contributed by atoms with Crippen molar-refractivity contribution in [3.63, 3.8) is 0 Å². The first-order chi connectivity index (χ1) is 15.9. The predicted octanol–water partition coefficient (Wildman–Crippen LogP) is 4.96. The van der Waals surface area contributed by atoms with Gasteiger partial charge in [-0.05, 0) is 55.5 Å². The van der Waals surface area contributed by atoms with Crippen molar-refractivity contribution in [1.82, 2.24) is 14.8 Å². The van der Waals surface area contributed by atoms with Crippen molar-refractivity contribution in [2.24, 2.45) is 0 Å². The molecule has 0 saturated carbocycles. The highest BCUT2D eigenvalue weighted by Gasteiger charge is 2.39. The highest BCUT2D eigenvalue weighted by atomic mass is 35.5. The number of carbonyl (C=O) groups excluding carboxylic acids is 2. The average molecular weight is 489 g/mol. The first-order valence-corrected chi connectivity index (χ1v) is 12.3. The third-order valence-electron chi connectivity index (χ3n) is 6.99. The summed E-state index contributed by atoms with van der Waals surface area (Å²) >= 11 is 12.5. The third-order valence-corrected chi connectivity index (χ3v) is 7.73. The summed E-state index contributed by atoms with van der Waals surface area (Å²) in [5, 5.41) is 1.05. The lowest BCUT2D eigenvalue weighted by Gasteiger charge is -2.42. The van der Waals surface area contributed by atoms with Gasteiger partial charge in [-0.1, -0.05) is 35.3 Å². The number of hydrogen-bond donors (Lipinski definition) is 0. The summed E-state index contributed by atoms with van der Waals surface area (Å²) in [6, 6.07) is 11.4. The van der Waals surface area contributed by atoms with Crippen LogP contribution < -0.4 is 4.90 Å².